The van der Waals surface area contributed by atoms with Crippen LogP contribution in [-0.2, 0) is 11.3 Å². The number of carbonyl (C=O) groups is 1. The Morgan fingerprint density at radius 1 is 0.938 bits per heavy atom. The van der Waals surface area contributed by atoms with Crippen LogP contribution in [0.4, 0.5) is 11.4 Å². The van der Waals surface area contributed by atoms with Crippen molar-refractivity contribution in [3.63, 3.8) is 0 Å². The summed E-state index contributed by atoms with van der Waals surface area (Å²) in [5.41, 5.74) is 4.26. The second-order valence-corrected chi connectivity index (χ2v) is 8.46. The van der Waals surface area contributed by atoms with Crippen molar-refractivity contribution in [2.45, 2.75) is 13.5 Å². The van der Waals surface area contributed by atoms with E-state index in [1.54, 1.807) is 0 Å². The number of anilines is 2. The SMILES string of the molecule is Cc1ccc(OCC(=O)Nc2ccc(N3CCN(Cc4ccccc4Cl)CC3)cc2)cc1. The number of piperazine rings is 1. The highest BCUT2D eigenvalue weighted by Crippen LogP contribution is 2.22. The van der Waals surface area contributed by atoms with Crippen LogP contribution in [-0.4, -0.2) is 43.6 Å². The zero-order valence-electron chi connectivity index (χ0n) is 18.3. The van der Waals surface area contributed by atoms with E-state index < -0.39 is 0 Å². The fourth-order valence-corrected chi connectivity index (χ4v) is 3.96. The van der Waals surface area contributed by atoms with Crippen molar-refractivity contribution >= 4 is 28.9 Å². The summed E-state index contributed by atoms with van der Waals surface area (Å²) in [4.78, 5) is 17.0. The van der Waals surface area contributed by atoms with Crippen LogP contribution in [0.25, 0.3) is 0 Å². The first kappa shape index (κ1) is 22.2. The molecule has 3 aromatic rings. The van der Waals surface area contributed by atoms with Crippen LogP contribution < -0.4 is 15.0 Å². The van der Waals surface area contributed by atoms with Gasteiger partial charge in [0.05, 0.1) is 0 Å². The van der Waals surface area contributed by atoms with Gasteiger partial charge < -0.3 is 15.0 Å². The normalized spacial score (nSPS) is 14.2. The average molecular weight is 450 g/mol. The van der Waals surface area contributed by atoms with E-state index in [0.29, 0.717) is 5.75 Å². The molecule has 6 heteroatoms. The summed E-state index contributed by atoms with van der Waals surface area (Å²) in [6.45, 7) is 6.77. The third kappa shape index (κ3) is 6.02. The fraction of sp³-hybridized carbons (Fsp3) is 0.269. The number of aryl methyl sites for hydroxylation is 1. The molecule has 1 N–H and O–H groups in total. The van der Waals surface area contributed by atoms with Gasteiger partial charge in [0.15, 0.2) is 6.61 Å². The molecule has 3 aromatic carbocycles. The van der Waals surface area contributed by atoms with Gasteiger partial charge in [-0.2, -0.15) is 0 Å². The molecule has 0 bridgehead atoms. The van der Waals surface area contributed by atoms with Gasteiger partial charge in [-0.05, 0) is 55.0 Å². The third-order valence-electron chi connectivity index (χ3n) is 5.63. The molecule has 1 amide bonds. The lowest BCUT2D eigenvalue weighted by atomic mass is 10.2. The van der Waals surface area contributed by atoms with Crippen LogP contribution in [0.3, 0.4) is 0 Å². The van der Waals surface area contributed by atoms with Crippen LogP contribution >= 0.6 is 11.6 Å². The van der Waals surface area contributed by atoms with Crippen LogP contribution in [0.5, 0.6) is 5.75 Å². The second kappa shape index (κ2) is 10.5. The second-order valence-electron chi connectivity index (χ2n) is 8.05. The Labute approximate surface area is 194 Å². The Bertz CT molecular complexity index is 1030. The molecular formula is C26H28ClN3O2. The quantitative estimate of drug-likeness (QED) is 0.552. The highest BCUT2D eigenvalue weighted by molar-refractivity contribution is 6.31. The molecule has 4 rings (SSSR count). The van der Waals surface area contributed by atoms with E-state index in [0.717, 1.165) is 54.7 Å². The number of carbonyl (C=O) groups excluding carboxylic acids is 1. The summed E-state index contributed by atoms with van der Waals surface area (Å²) < 4.78 is 5.54. The molecule has 32 heavy (non-hydrogen) atoms. The van der Waals surface area contributed by atoms with Crippen molar-refractivity contribution in [2.24, 2.45) is 0 Å². The molecule has 0 aliphatic carbocycles. The van der Waals surface area contributed by atoms with Crippen molar-refractivity contribution in [1.29, 1.82) is 0 Å². The van der Waals surface area contributed by atoms with Gasteiger partial charge in [0, 0.05) is 49.1 Å². The van der Waals surface area contributed by atoms with Crippen LogP contribution in [0, 0.1) is 6.92 Å². The molecule has 0 atom stereocenters. The molecule has 0 unspecified atom stereocenters. The van der Waals surface area contributed by atoms with Gasteiger partial charge in [-0.15, -0.1) is 0 Å². The molecular weight excluding hydrogens is 422 g/mol. The van der Waals surface area contributed by atoms with Gasteiger partial charge in [-0.3, -0.25) is 9.69 Å². The first-order chi connectivity index (χ1) is 15.6. The molecule has 1 aliphatic heterocycles. The largest absolute Gasteiger partial charge is 0.484 e. The molecule has 1 fully saturated rings. The van der Waals surface area contributed by atoms with E-state index in [1.165, 1.54) is 5.56 Å². The number of halogens is 1. The zero-order valence-corrected chi connectivity index (χ0v) is 19.0. The van der Waals surface area contributed by atoms with Gasteiger partial charge in [0.1, 0.15) is 5.75 Å². The first-order valence-corrected chi connectivity index (χ1v) is 11.2. The number of ether oxygens (including phenoxy) is 1. The van der Waals surface area contributed by atoms with Gasteiger partial charge in [0.25, 0.3) is 5.91 Å². The number of hydrogen-bond donors (Lipinski definition) is 1. The highest BCUT2D eigenvalue weighted by Gasteiger charge is 2.18. The van der Waals surface area contributed by atoms with Gasteiger partial charge >= 0.3 is 0 Å². The molecule has 0 saturated carbocycles. The van der Waals surface area contributed by atoms with E-state index >= 15 is 0 Å². The summed E-state index contributed by atoms with van der Waals surface area (Å²) in [7, 11) is 0. The maximum atomic E-state index is 12.2. The van der Waals surface area contributed by atoms with Crippen LogP contribution in [0.1, 0.15) is 11.1 Å². The first-order valence-electron chi connectivity index (χ1n) is 10.9. The Morgan fingerprint density at radius 2 is 1.62 bits per heavy atom. The van der Waals surface area contributed by atoms with E-state index in [-0.39, 0.29) is 12.5 Å². The number of rotatable bonds is 7. The van der Waals surface area contributed by atoms with E-state index in [9.17, 15) is 4.79 Å². The Hall–Kier alpha value is -3.02. The number of hydrogen-bond acceptors (Lipinski definition) is 4. The fourth-order valence-electron chi connectivity index (χ4n) is 3.77. The van der Waals surface area contributed by atoms with Gasteiger partial charge in [-0.1, -0.05) is 47.5 Å². The lowest BCUT2D eigenvalue weighted by Gasteiger charge is -2.36. The zero-order chi connectivity index (χ0) is 22.3. The molecule has 0 aromatic heterocycles. The molecule has 1 heterocycles. The van der Waals surface area contributed by atoms with Crippen molar-refractivity contribution in [3.8, 4) is 5.75 Å². The maximum absolute atomic E-state index is 12.2. The number of benzene rings is 3. The standard InChI is InChI=1S/C26H28ClN3O2/c1-20-6-12-24(13-7-20)32-19-26(31)28-22-8-10-23(11-9-22)30-16-14-29(15-17-30)18-21-4-2-3-5-25(21)27/h2-13H,14-19H2,1H3,(H,28,31). The molecule has 166 valence electrons. The molecule has 1 aliphatic rings. The van der Waals surface area contributed by atoms with E-state index in [1.807, 2.05) is 61.5 Å². The summed E-state index contributed by atoms with van der Waals surface area (Å²) in [6, 6.07) is 23.7. The number of nitrogens with zero attached hydrogens (tertiary/aromatic N) is 2. The monoisotopic (exact) mass is 449 g/mol. The maximum Gasteiger partial charge on any atom is 0.262 e. The Kier molecular flexibility index (Phi) is 7.30. The van der Waals surface area contributed by atoms with Gasteiger partial charge in [-0.25, -0.2) is 0 Å². The molecule has 5 nitrogen and oxygen atoms in total. The summed E-state index contributed by atoms with van der Waals surface area (Å²) in [5.74, 6) is 0.515. The minimum absolute atomic E-state index is 0.0157. The predicted octanol–water partition coefficient (Wildman–Crippen LogP) is 4.99. The third-order valence-corrected chi connectivity index (χ3v) is 6.00. The summed E-state index contributed by atoms with van der Waals surface area (Å²) in [5, 5.41) is 3.72. The minimum Gasteiger partial charge on any atom is -0.484 e. The smallest absolute Gasteiger partial charge is 0.262 e. The predicted molar refractivity (Wildman–Crippen MR) is 131 cm³/mol. The highest BCUT2D eigenvalue weighted by atomic mass is 35.5. The summed E-state index contributed by atoms with van der Waals surface area (Å²) >= 11 is 6.30. The minimum atomic E-state index is -0.175. The van der Waals surface area contributed by atoms with Crippen molar-refractivity contribution < 1.29 is 9.53 Å². The average Bonchev–Trinajstić information content (AvgIpc) is 2.81. The molecule has 0 spiro atoms. The lowest BCUT2D eigenvalue weighted by molar-refractivity contribution is -0.118. The topological polar surface area (TPSA) is 44.8 Å². The molecule has 1 saturated heterocycles. The Morgan fingerprint density at radius 3 is 2.31 bits per heavy atom. The van der Waals surface area contributed by atoms with E-state index in [2.05, 4.69) is 33.3 Å². The van der Waals surface area contributed by atoms with E-state index in [4.69, 9.17) is 16.3 Å². The molecule has 0 radical (unpaired) electrons. The summed E-state index contributed by atoms with van der Waals surface area (Å²) in [6.07, 6.45) is 0. The van der Waals surface area contributed by atoms with Gasteiger partial charge in [0.2, 0.25) is 0 Å². The van der Waals surface area contributed by atoms with Crippen molar-refractivity contribution in [3.05, 3.63) is 88.9 Å². The lowest BCUT2D eigenvalue weighted by Crippen LogP contribution is -2.46. The van der Waals surface area contributed by atoms with Crippen LogP contribution in [0.2, 0.25) is 5.02 Å². The van der Waals surface area contributed by atoms with Crippen LogP contribution in [0.15, 0.2) is 72.8 Å². The number of nitrogens with one attached hydrogen (secondary N) is 1. The Balaban J connectivity index is 1.23. The van der Waals surface area contributed by atoms with Crippen molar-refractivity contribution in [2.75, 3.05) is 43.0 Å². The number of amides is 1. The van der Waals surface area contributed by atoms with Crippen molar-refractivity contribution in [1.82, 2.24) is 4.90 Å².